The summed E-state index contributed by atoms with van der Waals surface area (Å²) in [5, 5.41) is 18.2. The van der Waals surface area contributed by atoms with Gasteiger partial charge in [0.25, 0.3) is 0 Å². The zero-order chi connectivity index (χ0) is 19.9. The number of hydrogen-bond donors (Lipinski definition) is 0. The van der Waals surface area contributed by atoms with E-state index in [0.29, 0.717) is 17.5 Å². The Morgan fingerprint density at radius 2 is 1.86 bits per heavy atom. The Hall–Kier alpha value is -2.19. The van der Waals surface area contributed by atoms with Crippen molar-refractivity contribution < 1.29 is 4.42 Å². The van der Waals surface area contributed by atoms with Gasteiger partial charge < -0.3 is 8.98 Å². The fourth-order valence-electron chi connectivity index (χ4n) is 3.09. The first-order valence-electron chi connectivity index (χ1n) is 9.74. The summed E-state index contributed by atoms with van der Waals surface area (Å²) in [4.78, 5) is 2.20. The van der Waals surface area contributed by atoms with E-state index < -0.39 is 0 Å². The van der Waals surface area contributed by atoms with Crippen LogP contribution < -0.4 is 0 Å². The molecule has 1 aromatic carbocycles. The Morgan fingerprint density at radius 3 is 2.54 bits per heavy atom. The van der Waals surface area contributed by atoms with Gasteiger partial charge in [0.15, 0.2) is 11.0 Å². The van der Waals surface area contributed by atoms with Gasteiger partial charge >= 0.3 is 0 Å². The average Bonchev–Trinajstić information content (AvgIpc) is 3.33. The zero-order valence-electron chi connectivity index (χ0n) is 17.0. The van der Waals surface area contributed by atoms with Gasteiger partial charge in [-0.3, -0.25) is 4.90 Å². The normalized spacial score (nSPS) is 12.6. The van der Waals surface area contributed by atoms with Crippen molar-refractivity contribution in [3.8, 4) is 11.5 Å². The molecule has 8 heteroatoms. The predicted molar refractivity (Wildman–Crippen MR) is 111 cm³/mol. The Labute approximate surface area is 170 Å². The molecule has 0 fully saturated rings. The third-order valence-corrected chi connectivity index (χ3v) is 5.55. The zero-order valence-corrected chi connectivity index (χ0v) is 17.8. The van der Waals surface area contributed by atoms with E-state index >= 15 is 0 Å². The van der Waals surface area contributed by atoms with Crippen LogP contribution in [0.5, 0.6) is 0 Å². The Balaban J connectivity index is 1.75. The van der Waals surface area contributed by atoms with Crippen LogP contribution in [0.25, 0.3) is 11.5 Å². The van der Waals surface area contributed by atoms with E-state index in [4.69, 9.17) is 4.42 Å². The van der Waals surface area contributed by atoms with Gasteiger partial charge in [0, 0.05) is 12.1 Å². The molecule has 1 unspecified atom stereocenters. The molecule has 3 aromatic rings. The van der Waals surface area contributed by atoms with Crippen molar-refractivity contribution in [2.45, 2.75) is 56.6 Å². The molecule has 0 N–H and O–H groups in total. The topological polar surface area (TPSA) is 72.9 Å². The number of rotatable bonds is 10. The summed E-state index contributed by atoms with van der Waals surface area (Å²) in [6.45, 7) is 5.30. The van der Waals surface area contributed by atoms with E-state index in [2.05, 4.69) is 57.8 Å². The van der Waals surface area contributed by atoms with E-state index in [1.165, 1.54) is 0 Å². The molecule has 2 aromatic heterocycles. The SMILES string of the molecule is CCCCn1c(SCc2nnc(-c3ccccc3)o2)nnc1C(CC)N(C)C. The van der Waals surface area contributed by atoms with Crippen LogP contribution in [0.1, 0.15) is 50.9 Å². The largest absolute Gasteiger partial charge is 0.420 e. The van der Waals surface area contributed by atoms with E-state index in [1.807, 2.05) is 30.3 Å². The lowest BCUT2D eigenvalue weighted by Crippen LogP contribution is -2.23. The fourth-order valence-corrected chi connectivity index (χ4v) is 3.90. The third kappa shape index (κ3) is 4.80. The highest BCUT2D eigenvalue weighted by Crippen LogP contribution is 2.28. The number of hydrogen-bond acceptors (Lipinski definition) is 7. The Kier molecular flexibility index (Phi) is 7.22. The van der Waals surface area contributed by atoms with Gasteiger partial charge in [-0.15, -0.1) is 20.4 Å². The first-order chi connectivity index (χ1) is 13.6. The highest BCUT2D eigenvalue weighted by molar-refractivity contribution is 7.98. The molecule has 0 saturated heterocycles. The van der Waals surface area contributed by atoms with Gasteiger partial charge in [-0.25, -0.2) is 0 Å². The van der Waals surface area contributed by atoms with Gasteiger partial charge in [-0.05, 0) is 39.1 Å². The molecule has 7 nitrogen and oxygen atoms in total. The third-order valence-electron chi connectivity index (χ3n) is 4.60. The summed E-state index contributed by atoms with van der Waals surface area (Å²) in [5.74, 6) is 2.74. The van der Waals surface area contributed by atoms with Crippen LogP contribution in [0.3, 0.4) is 0 Å². The minimum absolute atomic E-state index is 0.256. The molecule has 150 valence electrons. The van der Waals surface area contributed by atoms with Gasteiger partial charge in [0.1, 0.15) is 0 Å². The minimum Gasteiger partial charge on any atom is -0.420 e. The summed E-state index contributed by atoms with van der Waals surface area (Å²) in [6.07, 6.45) is 3.22. The van der Waals surface area contributed by atoms with Gasteiger partial charge in [0.05, 0.1) is 11.8 Å². The number of nitrogens with zero attached hydrogens (tertiary/aromatic N) is 6. The fraction of sp³-hybridized carbons (Fsp3) is 0.500. The van der Waals surface area contributed by atoms with Crippen molar-refractivity contribution in [1.29, 1.82) is 0 Å². The summed E-state index contributed by atoms with van der Waals surface area (Å²) in [6, 6.07) is 10.1. The molecule has 0 aliphatic carbocycles. The summed E-state index contributed by atoms with van der Waals surface area (Å²) < 4.78 is 8.06. The van der Waals surface area contributed by atoms with Gasteiger partial charge in [-0.1, -0.05) is 50.2 Å². The smallest absolute Gasteiger partial charge is 0.247 e. The van der Waals surface area contributed by atoms with Gasteiger partial charge in [0.2, 0.25) is 11.8 Å². The highest BCUT2D eigenvalue weighted by atomic mass is 32.2. The second-order valence-corrected chi connectivity index (χ2v) is 7.83. The van der Waals surface area contributed by atoms with Crippen LogP contribution in [0.15, 0.2) is 39.9 Å². The molecule has 3 rings (SSSR count). The maximum atomic E-state index is 5.82. The Bertz CT molecular complexity index is 861. The van der Waals surface area contributed by atoms with E-state index in [1.54, 1.807) is 11.8 Å². The second-order valence-electron chi connectivity index (χ2n) is 6.89. The lowest BCUT2D eigenvalue weighted by atomic mass is 10.2. The minimum atomic E-state index is 0.256. The second kappa shape index (κ2) is 9.84. The average molecular weight is 401 g/mol. The van der Waals surface area contributed by atoms with Gasteiger partial charge in [-0.2, -0.15) is 0 Å². The molecule has 0 bridgehead atoms. The molecule has 28 heavy (non-hydrogen) atoms. The lowest BCUT2D eigenvalue weighted by Gasteiger charge is -2.23. The summed E-state index contributed by atoms with van der Waals surface area (Å²) in [7, 11) is 4.17. The molecular weight excluding hydrogens is 372 g/mol. The molecule has 2 heterocycles. The van der Waals surface area contributed by atoms with Crippen molar-refractivity contribution in [2.24, 2.45) is 0 Å². The first-order valence-corrected chi connectivity index (χ1v) is 10.7. The van der Waals surface area contributed by atoms with Crippen LogP contribution in [0.2, 0.25) is 0 Å². The van der Waals surface area contributed by atoms with Crippen molar-refractivity contribution >= 4 is 11.8 Å². The maximum Gasteiger partial charge on any atom is 0.247 e. The molecule has 1 atom stereocenters. The predicted octanol–water partition coefficient (Wildman–Crippen LogP) is 4.43. The molecular formula is C20H28N6OS. The standard InChI is InChI=1S/C20H28N6OS/c1-5-7-13-26-18(16(6-2)25(3)4)22-24-20(26)28-14-17-21-23-19(27-17)15-11-9-8-10-12-15/h8-12,16H,5-7,13-14H2,1-4H3. The number of benzene rings is 1. The van der Waals surface area contributed by atoms with Crippen LogP contribution in [0.4, 0.5) is 0 Å². The number of unbranched alkanes of at least 4 members (excludes halogenated alkanes) is 1. The first kappa shape index (κ1) is 20.5. The number of aromatic nitrogens is 5. The van der Waals surface area contributed by atoms with Crippen molar-refractivity contribution in [3.63, 3.8) is 0 Å². The molecule has 0 aliphatic heterocycles. The van der Waals surface area contributed by atoms with Crippen LogP contribution in [-0.2, 0) is 12.3 Å². The highest BCUT2D eigenvalue weighted by Gasteiger charge is 2.22. The van der Waals surface area contributed by atoms with Crippen LogP contribution >= 0.6 is 11.8 Å². The lowest BCUT2D eigenvalue weighted by molar-refractivity contribution is 0.270. The van der Waals surface area contributed by atoms with Crippen molar-refractivity contribution in [3.05, 3.63) is 42.0 Å². The van der Waals surface area contributed by atoms with Crippen LogP contribution in [0, 0.1) is 0 Å². The van der Waals surface area contributed by atoms with E-state index in [0.717, 1.165) is 42.4 Å². The molecule has 0 saturated carbocycles. The molecule has 0 aliphatic rings. The Morgan fingerprint density at radius 1 is 1.07 bits per heavy atom. The van der Waals surface area contributed by atoms with E-state index in [9.17, 15) is 0 Å². The molecule has 0 amide bonds. The summed E-state index contributed by atoms with van der Waals surface area (Å²) in [5.41, 5.74) is 0.927. The number of thioether (sulfide) groups is 1. The van der Waals surface area contributed by atoms with Crippen LogP contribution in [-0.4, -0.2) is 44.0 Å². The van der Waals surface area contributed by atoms with E-state index in [-0.39, 0.29) is 6.04 Å². The summed E-state index contributed by atoms with van der Waals surface area (Å²) >= 11 is 1.59. The van der Waals surface area contributed by atoms with Crippen molar-refractivity contribution in [2.75, 3.05) is 14.1 Å². The maximum absolute atomic E-state index is 5.82. The monoisotopic (exact) mass is 400 g/mol. The molecule has 0 spiro atoms. The molecule has 0 radical (unpaired) electrons. The quantitative estimate of drug-likeness (QED) is 0.466. The van der Waals surface area contributed by atoms with Crippen molar-refractivity contribution in [1.82, 2.24) is 29.9 Å².